The molecule has 1 fully saturated rings. The molecule has 2 rings (SSSR count). The maximum atomic E-state index is 12.1. The third kappa shape index (κ3) is 3.45. The van der Waals surface area contributed by atoms with Crippen molar-refractivity contribution in [1.82, 2.24) is 4.72 Å². The summed E-state index contributed by atoms with van der Waals surface area (Å²) in [6, 6.07) is 3.29. The van der Waals surface area contributed by atoms with Crippen LogP contribution in [0.5, 0.6) is 0 Å². The Morgan fingerprint density at radius 2 is 2.25 bits per heavy atom. The van der Waals surface area contributed by atoms with E-state index in [4.69, 9.17) is 16.3 Å². The van der Waals surface area contributed by atoms with Crippen molar-refractivity contribution in [2.75, 3.05) is 13.2 Å². The van der Waals surface area contributed by atoms with Crippen LogP contribution >= 0.6 is 11.6 Å². The van der Waals surface area contributed by atoms with E-state index in [-0.39, 0.29) is 28.3 Å². The van der Waals surface area contributed by atoms with Crippen molar-refractivity contribution in [2.24, 2.45) is 0 Å². The first-order valence-corrected chi connectivity index (χ1v) is 7.81. The van der Waals surface area contributed by atoms with E-state index in [1.54, 1.807) is 0 Å². The predicted octanol–water partition coefficient (Wildman–Crippen LogP) is 1.71. The highest BCUT2D eigenvalue weighted by molar-refractivity contribution is 7.89. The maximum Gasteiger partial charge on any atom is 0.270 e. The van der Waals surface area contributed by atoms with Gasteiger partial charge in [-0.15, -0.1) is 0 Å². The van der Waals surface area contributed by atoms with Crippen molar-refractivity contribution in [3.8, 4) is 0 Å². The summed E-state index contributed by atoms with van der Waals surface area (Å²) in [6.45, 7) is 0.741. The third-order valence-electron chi connectivity index (χ3n) is 2.94. The summed E-state index contributed by atoms with van der Waals surface area (Å²) in [5.41, 5.74) is -0.327. The van der Waals surface area contributed by atoms with Gasteiger partial charge in [0, 0.05) is 25.3 Å². The Morgan fingerprint density at radius 1 is 1.50 bits per heavy atom. The summed E-state index contributed by atoms with van der Waals surface area (Å²) in [5, 5.41) is 10.6. The van der Waals surface area contributed by atoms with E-state index < -0.39 is 14.9 Å². The van der Waals surface area contributed by atoms with E-state index in [0.717, 1.165) is 25.0 Å². The molecule has 1 aromatic rings. The molecule has 0 unspecified atom stereocenters. The number of sulfonamides is 1. The molecule has 7 nitrogen and oxygen atoms in total. The van der Waals surface area contributed by atoms with E-state index in [1.807, 2.05) is 0 Å². The van der Waals surface area contributed by atoms with Gasteiger partial charge in [-0.05, 0) is 18.9 Å². The lowest BCUT2D eigenvalue weighted by Crippen LogP contribution is -2.32. The average Bonchev–Trinajstić information content (AvgIpc) is 2.89. The third-order valence-corrected chi connectivity index (χ3v) is 4.85. The zero-order valence-electron chi connectivity index (χ0n) is 10.4. The van der Waals surface area contributed by atoms with Crippen LogP contribution in [0.15, 0.2) is 23.1 Å². The van der Waals surface area contributed by atoms with Crippen LogP contribution in [0.3, 0.4) is 0 Å². The smallest absolute Gasteiger partial charge is 0.270 e. The first-order chi connectivity index (χ1) is 9.40. The number of ether oxygens (including phenoxy) is 1. The summed E-state index contributed by atoms with van der Waals surface area (Å²) in [5.74, 6) is 0. The molecule has 0 aromatic heterocycles. The van der Waals surface area contributed by atoms with E-state index >= 15 is 0 Å². The molecular weight excluding hydrogens is 308 g/mol. The molecule has 0 amide bonds. The highest BCUT2D eigenvalue weighted by atomic mass is 35.5. The molecule has 1 saturated heterocycles. The van der Waals surface area contributed by atoms with E-state index in [9.17, 15) is 18.5 Å². The van der Waals surface area contributed by atoms with Crippen molar-refractivity contribution in [3.63, 3.8) is 0 Å². The molecule has 1 N–H and O–H groups in total. The van der Waals surface area contributed by atoms with Crippen molar-refractivity contribution in [3.05, 3.63) is 33.3 Å². The zero-order chi connectivity index (χ0) is 14.8. The number of rotatable bonds is 5. The molecule has 20 heavy (non-hydrogen) atoms. The highest BCUT2D eigenvalue weighted by Gasteiger charge is 2.24. The minimum atomic E-state index is -3.90. The van der Waals surface area contributed by atoms with Gasteiger partial charge in [-0.2, -0.15) is 0 Å². The van der Waals surface area contributed by atoms with Gasteiger partial charge in [0.15, 0.2) is 0 Å². The lowest BCUT2D eigenvalue weighted by molar-refractivity contribution is -0.385. The fourth-order valence-corrected chi connectivity index (χ4v) is 3.48. The van der Waals surface area contributed by atoms with Gasteiger partial charge in [0.25, 0.3) is 5.69 Å². The van der Waals surface area contributed by atoms with Crippen LogP contribution in [-0.2, 0) is 14.8 Å². The van der Waals surface area contributed by atoms with Crippen LogP contribution in [-0.4, -0.2) is 32.6 Å². The van der Waals surface area contributed by atoms with Crippen LogP contribution in [0, 0.1) is 10.1 Å². The van der Waals surface area contributed by atoms with Crippen molar-refractivity contribution >= 4 is 27.3 Å². The van der Waals surface area contributed by atoms with Gasteiger partial charge in [0.05, 0.1) is 16.0 Å². The minimum Gasteiger partial charge on any atom is -0.377 e. The number of benzene rings is 1. The Hall–Kier alpha value is -1.22. The van der Waals surface area contributed by atoms with E-state index in [2.05, 4.69) is 4.72 Å². The first-order valence-electron chi connectivity index (χ1n) is 5.95. The summed E-state index contributed by atoms with van der Waals surface area (Å²) < 4.78 is 31.9. The van der Waals surface area contributed by atoms with Crippen LogP contribution in [0.2, 0.25) is 5.02 Å². The largest absolute Gasteiger partial charge is 0.377 e. The standard InChI is InChI=1S/C11H13ClN2O5S/c12-10-4-3-8(14(15)16)6-11(10)20(17,18)13-7-9-2-1-5-19-9/h3-4,6,9,13H,1-2,5,7H2/t9-/m1/s1. The number of halogens is 1. The zero-order valence-corrected chi connectivity index (χ0v) is 12.0. The average molecular weight is 321 g/mol. The monoisotopic (exact) mass is 320 g/mol. The molecule has 1 aliphatic heterocycles. The molecule has 1 aromatic carbocycles. The molecule has 0 radical (unpaired) electrons. The lowest BCUT2D eigenvalue weighted by Gasteiger charge is -2.12. The second-order valence-electron chi connectivity index (χ2n) is 4.36. The molecular formula is C11H13ClN2O5S. The normalized spacial score (nSPS) is 19.1. The molecule has 1 aliphatic rings. The molecule has 0 aliphatic carbocycles. The second kappa shape index (κ2) is 6.04. The van der Waals surface area contributed by atoms with Gasteiger partial charge < -0.3 is 4.74 Å². The molecule has 0 saturated carbocycles. The SMILES string of the molecule is O=[N+]([O-])c1ccc(Cl)c(S(=O)(=O)NC[C@H]2CCCO2)c1. The maximum absolute atomic E-state index is 12.1. The number of non-ortho nitro benzene ring substituents is 1. The highest BCUT2D eigenvalue weighted by Crippen LogP contribution is 2.26. The number of nitro groups is 1. The fraction of sp³-hybridized carbons (Fsp3) is 0.455. The number of hydrogen-bond donors (Lipinski definition) is 1. The van der Waals surface area contributed by atoms with Crippen LogP contribution in [0.1, 0.15) is 12.8 Å². The summed E-state index contributed by atoms with van der Waals surface area (Å²) in [7, 11) is -3.90. The first kappa shape index (κ1) is 15.2. The Kier molecular flexibility index (Phi) is 4.59. The molecule has 110 valence electrons. The molecule has 0 spiro atoms. The van der Waals surface area contributed by atoms with Gasteiger partial charge in [-0.3, -0.25) is 10.1 Å². The quantitative estimate of drug-likeness (QED) is 0.657. The predicted molar refractivity (Wildman–Crippen MR) is 72.3 cm³/mol. The van der Waals surface area contributed by atoms with Crippen molar-refractivity contribution in [1.29, 1.82) is 0 Å². The van der Waals surface area contributed by atoms with Crippen LogP contribution in [0.25, 0.3) is 0 Å². The number of nitrogens with one attached hydrogen (secondary N) is 1. The number of nitro benzene ring substituents is 1. The molecule has 9 heteroatoms. The van der Waals surface area contributed by atoms with Gasteiger partial charge in [0.1, 0.15) is 4.90 Å². The Balaban J connectivity index is 2.19. The Morgan fingerprint density at radius 3 is 2.85 bits per heavy atom. The summed E-state index contributed by atoms with van der Waals surface area (Å²) >= 11 is 5.81. The van der Waals surface area contributed by atoms with Crippen molar-refractivity contribution in [2.45, 2.75) is 23.8 Å². The van der Waals surface area contributed by atoms with E-state index in [1.165, 1.54) is 6.07 Å². The lowest BCUT2D eigenvalue weighted by atomic mass is 10.2. The van der Waals surface area contributed by atoms with E-state index in [0.29, 0.717) is 6.61 Å². The van der Waals surface area contributed by atoms with Gasteiger partial charge in [0.2, 0.25) is 10.0 Å². The molecule has 0 bridgehead atoms. The Bertz CT molecular complexity index is 613. The topological polar surface area (TPSA) is 98.5 Å². The molecule has 1 atom stereocenters. The number of hydrogen-bond acceptors (Lipinski definition) is 5. The number of nitrogens with zero attached hydrogens (tertiary/aromatic N) is 1. The minimum absolute atomic E-state index is 0.0598. The summed E-state index contributed by atoms with van der Waals surface area (Å²) in [4.78, 5) is 9.71. The van der Waals surface area contributed by atoms with Gasteiger partial charge in [-0.1, -0.05) is 11.6 Å². The van der Waals surface area contributed by atoms with Gasteiger partial charge in [-0.25, -0.2) is 13.1 Å². The van der Waals surface area contributed by atoms with Crippen LogP contribution in [0.4, 0.5) is 5.69 Å². The molecule has 1 heterocycles. The second-order valence-corrected chi connectivity index (χ2v) is 6.50. The Labute approximate surface area is 121 Å². The van der Waals surface area contributed by atoms with Crippen LogP contribution < -0.4 is 4.72 Å². The van der Waals surface area contributed by atoms with Gasteiger partial charge >= 0.3 is 0 Å². The summed E-state index contributed by atoms with van der Waals surface area (Å²) in [6.07, 6.45) is 1.51. The van der Waals surface area contributed by atoms with Crippen molar-refractivity contribution < 1.29 is 18.1 Å². The fourth-order valence-electron chi connectivity index (χ4n) is 1.90.